The van der Waals surface area contributed by atoms with E-state index < -0.39 is 11.7 Å². The van der Waals surface area contributed by atoms with Crippen LogP contribution in [0.1, 0.15) is 12.8 Å². The summed E-state index contributed by atoms with van der Waals surface area (Å²) < 4.78 is 14.9. The smallest absolute Gasteiger partial charge is 0.234 e. The van der Waals surface area contributed by atoms with Gasteiger partial charge in [0.05, 0.1) is 10.6 Å². The van der Waals surface area contributed by atoms with E-state index >= 15 is 0 Å². The van der Waals surface area contributed by atoms with Crippen LogP contribution < -0.4 is 9.80 Å². The van der Waals surface area contributed by atoms with E-state index in [2.05, 4.69) is 9.88 Å². The number of amides is 2. The fourth-order valence-electron chi connectivity index (χ4n) is 3.81. The summed E-state index contributed by atoms with van der Waals surface area (Å²) in [5.74, 6) is -1.05. The van der Waals surface area contributed by atoms with Gasteiger partial charge in [0, 0.05) is 25.2 Å². The maximum atomic E-state index is 14.2. The van der Waals surface area contributed by atoms with Gasteiger partial charge in [0.1, 0.15) is 11.3 Å². The van der Waals surface area contributed by atoms with Crippen LogP contribution in [0.3, 0.4) is 0 Å². The summed E-state index contributed by atoms with van der Waals surface area (Å²) in [5.41, 5.74) is 1.07. The van der Waals surface area contributed by atoms with E-state index in [1.807, 2.05) is 44.4 Å². The zero-order valence-corrected chi connectivity index (χ0v) is 18.4. The molecule has 1 aliphatic heterocycles. The van der Waals surface area contributed by atoms with Gasteiger partial charge < -0.3 is 9.80 Å². The third-order valence-electron chi connectivity index (χ3n) is 5.38. The first kappa shape index (κ1) is 21.4. The molecule has 0 spiro atoms. The van der Waals surface area contributed by atoms with Gasteiger partial charge in [-0.1, -0.05) is 35.6 Å². The summed E-state index contributed by atoms with van der Waals surface area (Å²) in [7, 11) is 3.96. The lowest BCUT2D eigenvalue weighted by Crippen LogP contribution is -2.39. The summed E-state index contributed by atoms with van der Waals surface area (Å²) >= 11 is 1.31. The lowest BCUT2D eigenvalue weighted by atomic mass is 10.1. The van der Waals surface area contributed by atoms with Crippen molar-refractivity contribution in [2.24, 2.45) is 5.92 Å². The summed E-state index contributed by atoms with van der Waals surface area (Å²) in [6.45, 7) is 1.61. The molecule has 1 aromatic heterocycles. The van der Waals surface area contributed by atoms with Crippen LogP contribution >= 0.6 is 11.3 Å². The Balaban J connectivity index is 1.59. The number of benzene rings is 2. The van der Waals surface area contributed by atoms with Crippen molar-refractivity contribution in [2.75, 3.05) is 43.5 Å². The van der Waals surface area contributed by atoms with Crippen LogP contribution in [0.15, 0.2) is 48.5 Å². The Morgan fingerprint density at radius 1 is 1.16 bits per heavy atom. The number of rotatable bonds is 7. The predicted molar refractivity (Wildman–Crippen MR) is 122 cm³/mol. The number of nitrogens with zero attached hydrogens (tertiary/aromatic N) is 4. The Labute approximate surface area is 184 Å². The van der Waals surface area contributed by atoms with Gasteiger partial charge in [-0.25, -0.2) is 9.37 Å². The SMILES string of the molecule is CN(C)CCCN(C(=O)C1CC(=O)N(c2ccccc2)C1)c1nc2c(F)cccc2s1. The minimum absolute atomic E-state index is 0.0619. The number of halogens is 1. The molecule has 0 N–H and O–H groups in total. The molecule has 1 atom stereocenters. The quantitative estimate of drug-likeness (QED) is 0.561. The van der Waals surface area contributed by atoms with E-state index in [1.165, 1.54) is 17.4 Å². The number of hydrogen-bond donors (Lipinski definition) is 0. The first-order valence-corrected chi connectivity index (χ1v) is 11.1. The molecule has 0 bridgehead atoms. The lowest BCUT2D eigenvalue weighted by molar-refractivity contribution is -0.124. The number of hydrogen-bond acceptors (Lipinski definition) is 5. The van der Waals surface area contributed by atoms with Gasteiger partial charge in [-0.2, -0.15) is 0 Å². The molecule has 0 radical (unpaired) electrons. The normalized spacial score (nSPS) is 16.5. The molecule has 31 heavy (non-hydrogen) atoms. The van der Waals surface area contributed by atoms with Crippen molar-refractivity contribution >= 4 is 44.2 Å². The van der Waals surface area contributed by atoms with E-state index in [9.17, 15) is 14.0 Å². The Bertz CT molecular complexity index is 1090. The molecule has 0 saturated carbocycles. The highest BCUT2D eigenvalue weighted by atomic mass is 32.1. The third kappa shape index (κ3) is 4.60. The molecule has 4 rings (SSSR count). The largest absolute Gasteiger partial charge is 0.312 e. The van der Waals surface area contributed by atoms with E-state index in [0.717, 1.165) is 18.7 Å². The van der Waals surface area contributed by atoms with Crippen LogP contribution in [-0.4, -0.2) is 55.4 Å². The van der Waals surface area contributed by atoms with Crippen LogP contribution in [0.5, 0.6) is 0 Å². The van der Waals surface area contributed by atoms with Gasteiger partial charge in [0.25, 0.3) is 0 Å². The van der Waals surface area contributed by atoms with Crippen LogP contribution in [-0.2, 0) is 9.59 Å². The molecule has 0 aliphatic carbocycles. The van der Waals surface area contributed by atoms with E-state index in [0.29, 0.717) is 22.9 Å². The van der Waals surface area contributed by atoms with Crippen molar-refractivity contribution in [3.63, 3.8) is 0 Å². The number of fused-ring (bicyclic) bond motifs is 1. The number of anilines is 2. The molecule has 162 valence electrons. The fourth-order valence-corrected chi connectivity index (χ4v) is 4.83. The molecule has 8 heteroatoms. The van der Waals surface area contributed by atoms with Crippen LogP contribution in [0.2, 0.25) is 0 Å². The summed E-state index contributed by atoms with van der Waals surface area (Å²) in [6.07, 6.45) is 0.914. The van der Waals surface area contributed by atoms with Gasteiger partial charge in [0.2, 0.25) is 11.8 Å². The molecule has 3 aromatic rings. The Morgan fingerprint density at radius 2 is 1.94 bits per heavy atom. The molecule has 2 aromatic carbocycles. The van der Waals surface area contributed by atoms with Crippen molar-refractivity contribution < 1.29 is 14.0 Å². The van der Waals surface area contributed by atoms with Crippen molar-refractivity contribution in [3.8, 4) is 0 Å². The summed E-state index contributed by atoms with van der Waals surface area (Å²) in [5, 5.41) is 0.481. The number of aromatic nitrogens is 1. The Morgan fingerprint density at radius 3 is 2.65 bits per heavy atom. The zero-order valence-electron chi connectivity index (χ0n) is 17.6. The molecule has 2 amide bonds. The van der Waals surface area contributed by atoms with Crippen molar-refractivity contribution in [1.82, 2.24) is 9.88 Å². The first-order valence-electron chi connectivity index (χ1n) is 10.3. The minimum atomic E-state index is -0.455. The highest BCUT2D eigenvalue weighted by molar-refractivity contribution is 7.22. The lowest BCUT2D eigenvalue weighted by Gasteiger charge is -2.24. The summed E-state index contributed by atoms with van der Waals surface area (Å²) in [6, 6.07) is 14.2. The predicted octanol–water partition coefficient (Wildman–Crippen LogP) is 3.77. The topological polar surface area (TPSA) is 56.8 Å². The maximum absolute atomic E-state index is 14.2. The van der Waals surface area contributed by atoms with Gasteiger partial charge in [-0.3, -0.25) is 14.5 Å². The molecular formula is C23H25FN4O2S. The molecule has 6 nitrogen and oxygen atoms in total. The number of carbonyl (C=O) groups excluding carboxylic acids is 2. The van der Waals surface area contributed by atoms with Gasteiger partial charge >= 0.3 is 0 Å². The van der Waals surface area contributed by atoms with Gasteiger partial charge in [-0.05, 0) is 51.3 Å². The van der Waals surface area contributed by atoms with E-state index in [-0.39, 0.29) is 23.8 Å². The van der Waals surface area contributed by atoms with E-state index in [4.69, 9.17) is 0 Å². The average Bonchev–Trinajstić information content (AvgIpc) is 3.36. The Kier molecular flexibility index (Phi) is 6.29. The van der Waals surface area contributed by atoms with Crippen LogP contribution in [0.25, 0.3) is 10.2 Å². The molecule has 1 aliphatic rings. The molecule has 1 fully saturated rings. The highest BCUT2D eigenvalue weighted by Crippen LogP contribution is 2.33. The third-order valence-corrected chi connectivity index (χ3v) is 6.43. The second-order valence-corrected chi connectivity index (χ2v) is 8.98. The molecule has 1 unspecified atom stereocenters. The van der Waals surface area contributed by atoms with Crippen LogP contribution in [0, 0.1) is 11.7 Å². The average molecular weight is 441 g/mol. The second-order valence-electron chi connectivity index (χ2n) is 7.97. The second kappa shape index (κ2) is 9.11. The maximum Gasteiger partial charge on any atom is 0.234 e. The number of thiazole rings is 1. The fraction of sp³-hybridized carbons (Fsp3) is 0.348. The molecular weight excluding hydrogens is 415 g/mol. The van der Waals surface area contributed by atoms with Gasteiger partial charge in [0.15, 0.2) is 5.13 Å². The van der Waals surface area contributed by atoms with E-state index in [1.54, 1.807) is 21.9 Å². The van der Waals surface area contributed by atoms with Crippen molar-refractivity contribution in [3.05, 3.63) is 54.3 Å². The highest BCUT2D eigenvalue weighted by Gasteiger charge is 2.38. The van der Waals surface area contributed by atoms with Crippen LogP contribution in [0.4, 0.5) is 15.2 Å². The summed E-state index contributed by atoms with van der Waals surface area (Å²) in [4.78, 5) is 35.9. The number of para-hydroxylation sites is 2. The Hall–Kier alpha value is -2.84. The number of carbonyl (C=O) groups is 2. The van der Waals surface area contributed by atoms with Crippen molar-refractivity contribution in [1.29, 1.82) is 0 Å². The monoisotopic (exact) mass is 440 g/mol. The van der Waals surface area contributed by atoms with Crippen molar-refractivity contribution in [2.45, 2.75) is 12.8 Å². The minimum Gasteiger partial charge on any atom is -0.312 e. The zero-order chi connectivity index (χ0) is 22.0. The standard InChI is InChI=1S/C23H25FN4O2S/c1-26(2)12-7-13-27(23-25-21-18(24)10-6-11-19(21)31-23)22(30)16-14-20(29)28(15-16)17-8-4-3-5-9-17/h3-6,8-11,16H,7,12-15H2,1-2H3. The molecule has 1 saturated heterocycles. The molecule has 2 heterocycles. The first-order chi connectivity index (χ1) is 14.9. The van der Waals surface area contributed by atoms with Gasteiger partial charge in [-0.15, -0.1) is 0 Å².